The lowest BCUT2D eigenvalue weighted by Crippen LogP contribution is -2.12. The molecule has 260 valence electrons. The van der Waals surface area contributed by atoms with Gasteiger partial charge in [0.2, 0.25) is 0 Å². The number of hydrogen-bond donors (Lipinski definition) is 0. The SMILES string of the molecule is Cc1ccc(S(=O)(=O)Oc2ccc(-c3cccnc3CS(=O)(=O)Cc3ncccc3-c3ccc(OS(=O)(=O)c4ccc(C)cc4)cc3)cc2)cc1. The molecule has 0 spiro atoms. The third-order valence-corrected chi connectivity index (χ3v) is 11.8. The summed E-state index contributed by atoms with van der Waals surface area (Å²) >= 11 is 0. The number of hydrogen-bond acceptors (Lipinski definition) is 10. The Bertz CT molecular complexity index is 2330. The number of nitrogens with zero attached hydrogens (tertiary/aromatic N) is 2. The van der Waals surface area contributed by atoms with Crippen LogP contribution in [0.4, 0.5) is 0 Å². The van der Waals surface area contributed by atoms with Gasteiger partial charge in [0, 0.05) is 23.5 Å². The van der Waals surface area contributed by atoms with E-state index in [0.717, 1.165) is 11.1 Å². The van der Waals surface area contributed by atoms with Gasteiger partial charge in [0.1, 0.15) is 21.3 Å². The lowest BCUT2D eigenvalue weighted by Gasteiger charge is -2.13. The maximum atomic E-state index is 13.6. The zero-order valence-electron chi connectivity index (χ0n) is 27.5. The Labute approximate surface area is 297 Å². The molecule has 2 heterocycles. The summed E-state index contributed by atoms with van der Waals surface area (Å²) in [5, 5.41) is 0. The molecule has 0 radical (unpaired) electrons. The number of sulfone groups is 1. The lowest BCUT2D eigenvalue weighted by molar-refractivity contribution is 0.484. The number of pyridine rings is 2. The van der Waals surface area contributed by atoms with E-state index in [-0.39, 0.29) is 32.8 Å². The summed E-state index contributed by atoms with van der Waals surface area (Å²) in [6, 6.07) is 32.1. The van der Waals surface area contributed by atoms with E-state index in [2.05, 4.69) is 9.97 Å². The van der Waals surface area contributed by atoms with Crippen LogP contribution >= 0.6 is 0 Å². The molecule has 0 aliphatic carbocycles. The van der Waals surface area contributed by atoms with Crippen molar-refractivity contribution < 1.29 is 33.6 Å². The Hall–Kier alpha value is -5.37. The molecule has 0 amide bonds. The lowest BCUT2D eigenvalue weighted by atomic mass is 10.0. The maximum absolute atomic E-state index is 13.6. The van der Waals surface area contributed by atoms with Gasteiger partial charge in [0.05, 0.1) is 22.9 Å². The van der Waals surface area contributed by atoms with Crippen molar-refractivity contribution in [1.82, 2.24) is 9.97 Å². The highest BCUT2D eigenvalue weighted by Gasteiger charge is 2.22. The van der Waals surface area contributed by atoms with Crippen molar-refractivity contribution in [3.05, 3.63) is 156 Å². The maximum Gasteiger partial charge on any atom is 0.339 e. The Kier molecular flexibility index (Phi) is 10.1. The molecule has 0 saturated heterocycles. The molecule has 13 heteroatoms. The molecule has 0 aliphatic heterocycles. The second kappa shape index (κ2) is 14.5. The minimum Gasteiger partial charge on any atom is -0.379 e. The third kappa shape index (κ3) is 8.69. The van der Waals surface area contributed by atoms with Gasteiger partial charge in [0.15, 0.2) is 9.84 Å². The molecule has 4 aromatic carbocycles. The van der Waals surface area contributed by atoms with Crippen LogP contribution in [-0.4, -0.2) is 35.2 Å². The van der Waals surface area contributed by atoms with Gasteiger partial charge in [0.25, 0.3) is 0 Å². The van der Waals surface area contributed by atoms with Crippen LogP contribution in [0.3, 0.4) is 0 Å². The summed E-state index contributed by atoms with van der Waals surface area (Å²) in [7, 11) is -11.9. The largest absolute Gasteiger partial charge is 0.379 e. The highest BCUT2D eigenvalue weighted by atomic mass is 32.2. The summed E-state index contributed by atoms with van der Waals surface area (Å²) in [4.78, 5) is 8.79. The molecule has 0 aliphatic rings. The third-order valence-electron chi connectivity index (χ3n) is 7.86. The van der Waals surface area contributed by atoms with Gasteiger partial charge in [-0.25, -0.2) is 8.42 Å². The van der Waals surface area contributed by atoms with Crippen LogP contribution in [0, 0.1) is 13.8 Å². The van der Waals surface area contributed by atoms with E-state index in [1.54, 1.807) is 72.8 Å². The summed E-state index contributed by atoms with van der Waals surface area (Å²) in [5.74, 6) is -0.564. The van der Waals surface area contributed by atoms with E-state index in [0.29, 0.717) is 33.6 Å². The number of rotatable bonds is 12. The zero-order valence-corrected chi connectivity index (χ0v) is 30.0. The van der Waals surface area contributed by atoms with Gasteiger partial charge < -0.3 is 8.37 Å². The smallest absolute Gasteiger partial charge is 0.339 e. The van der Waals surface area contributed by atoms with Crippen LogP contribution in [0.5, 0.6) is 11.5 Å². The average molecular weight is 741 g/mol. The molecule has 0 saturated carbocycles. The molecular weight excluding hydrogens is 709 g/mol. The average Bonchev–Trinajstić information content (AvgIpc) is 3.09. The quantitative estimate of drug-likeness (QED) is 0.119. The van der Waals surface area contributed by atoms with E-state index in [4.69, 9.17) is 8.37 Å². The van der Waals surface area contributed by atoms with E-state index >= 15 is 0 Å². The van der Waals surface area contributed by atoms with Crippen molar-refractivity contribution in [2.45, 2.75) is 35.1 Å². The van der Waals surface area contributed by atoms with Crippen LogP contribution in [0.15, 0.2) is 144 Å². The zero-order chi connectivity index (χ0) is 36.2. The second-order valence-corrected chi connectivity index (χ2v) is 16.9. The first-order valence-corrected chi connectivity index (χ1v) is 20.2. The fraction of sp³-hybridized carbons (Fsp3) is 0.105. The van der Waals surface area contributed by atoms with Crippen LogP contribution in [-0.2, 0) is 41.6 Å². The molecule has 10 nitrogen and oxygen atoms in total. The van der Waals surface area contributed by atoms with Crippen molar-refractivity contribution in [2.24, 2.45) is 0 Å². The van der Waals surface area contributed by atoms with E-state index in [9.17, 15) is 25.3 Å². The van der Waals surface area contributed by atoms with Crippen LogP contribution in [0.2, 0.25) is 0 Å². The fourth-order valence-corrected chi connectivity index (χ4v) is 8.49. The van der Waals surface area contributed by atoms with Crippen molar-refractivity contribution in [1.29, 1.82) is 0 Å². The van der Waals surface area contributed by atoms with Gasteiger partial charge in [-0.2, -0.15) is 16.8 Å². The van der Waals surface area contributed by atoms with E-state index < -0.39 is 30.1 Å². The van der Waals surface area contributed by atoms with Gasteiger partial charge >= 0.3 is 20.2 Å². The second-order valence-electron chi connectivity index (χ2n) is 11.8. The first-order chi connectivity index (χ1) is 24.3. The van der Waals surface area contributed by atoms with Crippen molar-refractivity contribution >= 4 is 30.1 Å². The van der Waals surface area contributed by atoms with E-state index in [1.165, 1.54) is 60.9 Å². The van der Waals surface area contributed by atoms with Crippen molar-refractivity contribution in [3.63, 3.8) is 0 Å². The molecule has 6 rings (SSSR count). The molecule has 0 atom stereocenters. The number of aryl methyl sites for hydroxylation is 2. The van der Waals surface area contributed by atoms with Crippen LogP contribution < -0.4 is 8.37 Å². The minimum absolute atomic E-state index is 0.0309. The summed E-state index contributed by atoms with van der Waals surface area (Å²) in [6.45, 7) is 3.71. The minimum atomic E-state index is -4.04. The highest BCUT2D eigenvalue weighted by molar-refractivity contribution is 7.89. The van der Waals surface area contributed by atoms with Gasteiger partial charge in [-0.15, -0.1) is 0 Å². The Balaban J connectivity index is 1.17. The molecule has 0 unspecified atom stereocenters. The van der Waals surface area contributed by atoms with Gasteiger partial charge in [-0.3, -0.25) is 9.97 Å². The molecule has 0 N–H and O–H groups in total. The van der Waals surface area contributed by atoms with Gasteiger partial charge in [-0.1, -0.05) is 71.8 Å². The summed E-state index contributed by atoms with van der Waals surface area (Å²) < 4.78 is 88.8. The molecule has 6 aromatic rings. The Morgan fingerprint density at radius 1 is 0.471 bits per heavy atom. The normalized spacial score (nSPS) is 12.0. The molecular formula is C38H32N2O8S3. The van der Waals surface area contributed by atoms with Crippen molar-refractivity contribution in [3.8, 4) is 33.8 Å². The molecule has 2 aromatic heterocycles. The van der Waals surface area contributed by atoms with Crippen molar-refractivity contribution in [2.75, 3.05) is 0 Å². The monoisotopic (exact) mass is 740 g/mol. The summed E-state index contributed by atoms with van der Waals surface area (Å²) in [6.07, 6.45) is 3.02. The topological polar surface area (TPSA) is 147 Å². The fourth-order valence-electron chi connectivity index (χ4n) is 5.24. The Morgan fingerprint density at radius 3 is 1.18 bits per heavy atom. The predicted octanol–water partition coefficient (Wildman–Crippen LogP) is 7.08. The standard InChI is InChI=1S/C38H32N2O8S3/c1-27-7-19-33(20-8-27)50(43,44)47-31-15-11-29(12-16-31)35-5-3-23-39-37(35)25-49(41,42)26-38-36(6-4-24-40-38)30-13-17-32(18-14-30)48-51(45,46)34-21-9-28(2)10-22-34/h3-24H,25-26H2,1-2H3. The molecule has 51 heavy (non-hydrogen) atoms. The predicted molar refractivity (Wildman–Crippen MR) is 194 cm³/mol. The number of benzene rings is 4. The molecule has 0 fully saturated rings. The number of aromatic nitrogens is 2. The van der Waals surface area contributed by atoms with Crippen LogP contribution in [0.1, 0.15) is 22.5 Å². The highest BCUT2D eigenvalue weighted by Crippen LogP contribution is 2.30. The first kappa shape index (κ1) is 35.5. The van der Waals surface area contributed by atoms with Gasteiger partial charge in [-0.05, 0) is 85.6 Å². The summed E-state index contributed by atoms with van der Waals surface area (Å²) in [5.41, 5.74) is 4.83. The van der Waals surface area contributed by atoms with Crippen LogP contribution in [0.25, 0.3) is 22.3 Å². The Morgan fingerprint density at radius 2 is 0.824 bits per heavy atom. The first-order valence-electron chi connectivity index (χ1n) is 15.6. The molecule has 0 bridgehead atoms. The van der Waals surface area contributed by atoms with E-state index in [1.807, 2.05) is 13.8 Å².